The van der Waals surface area contributed by atoms with E-state index in [4.69, 9.17) is 0 Å². The molecule has 2 aromatic rings. The number of aryl methyl sites for hydroxylation is 1. The molecule has 0 saturated carbocycles. The van der Waals surface area contributed by atoms with E-state index in [-0.39, 0.29) is 0 Å². The zero-order valence-corrected chi connectivity index (χ0v) is 10.1. The lowest BCUT2D eigenvalue weighted by molar-refractivity contribution is 0.974. The van der Waals surface area contributed by atoms with E-state index in [1.54, 1.807) is 6.20 Å². The minimum Gasteiger partial charge on any atom is -0.357 e. The third-order valence-corrected chi connectivity index (χ3v) is 2.59. The van der Waals surface area contributed by atoms with Crippen molar-refractivity contribution in [2.75, 3.05) is 12.4 Å². The normalized spacial score (nSPS) is 10.2. The molecule has 0 aliphatic rings. The lowest BCUT2D eigenvalue weighted by atomic mass is 10.1. The molecule has 0 spiro atoms. The van der Waals surface area contributed by atoms with E-state index in [0.717, 1.165) is 24.2 Å². The van der Waals surface area contributed by atoms with Gasteiger partial charge in [-0.1, -0.05) is 13.0 Å². The van der Waals surface area contributed by atoms with Crippen molar-refractivity contribution in [1.29, 1.82) is 0 Å². The maximum Gasteiger partial charge on any atom is 0.222 e. The van der Waals surface area contributed by atoms with Gasteiger partial charge >= 0.3 is 0 Å². The second-order valence-electron chi connectivity index (χ2n) is 3.81. The van der Waals surface area contributed by atoms with E-state index in [9.17, 15) is 0 Å². The Labute approximate surface area is 101 Å². The van der Waals surface area contributed by atoms with Crippen molar-refractivity contribution < 1.29 is 0 Å². The number of anilines is 1. The largest absolute Gasteiger partial charge is 0.357 e. The van der Waals surface area contributed by atoms with E-state index in [2.05, 4.69) is 39.3 Å². The van der Waals surface area contributed by atoms with Gasteiger partial charge < -0.3 is 5.32 Å². The van der Waals surface area contributed by atoms with Gasteiger partial charge in [0.1, 0.15) is 0 Å². The summed E-state index contributed by atoms with van der Waals surface area (Å²) in [6.45, 7) is 2.13. The molecule has 0 aliphatic carbocycles. The summed E-state index contributed by atoms with van der Waals surface area (Å²) in [7, 11) is 1.81. The maximum atomic E-state index is 4.42. The Morgan fingerprint density at radius 2 is 2.00 bits per heavy atom. The first-order chi connectivity index (χ1) is 8.31. The van der Waals surface area contributed by atoms with Crippen LogP contribution in [0.4, 0.5) is 5.95 Å². The summed E-state index contributed by atoms with van der Waals surface area (Å²) >= 11 is 0. The van der Waals surface area contributed by atoms with Crippen LogP contribution in [0.2, 0.25) is 0 Å². The quantitative estimate of drug-likeness (QED) is 0.870. The molecule has 0 atom stereocenters. The van der Waals surface area contributed by atoms with Crippen molar-refractivity contribution in [2.45, 2.75) is 19.8 Å². The molecule has 2 rings (SSSR count). The smallest absolute Gasteiger partial charge is 0.222 e. The van der Waals surface area contributed by atoms with Crippen LogP contribution in [0.3, 0.4) is 0 Å². The van der Waals surface area contributed by atoms with Crippen molar-refractivity contribution in [3.05, 3.63) is 47.5 Å². The van der Waals surface area contributed by atoms with Crippen LogP contribution in [0.15, 0.2) is 30.6 Å². The first-order valence-electron chi connectivity index (χ1n) is 5.75. The van der Waals surface area contributed by atoms with E-state index < -0.39 is 0 Å². The molecule has 2 aromatic heterocycles. The van der Waals surface area contributed by atoms with Gasteiger partial charge in [0.25, 0.3) is 0 Å². The highest BCUT2D eigenvalue weighted by Crippen LogP contribution is 2.07. The fourth-order valence-corrected chi connectivity index (χ4v) is 1.57. The van der Waals surface area contributed by atoms with Crippen LogP contribution in [-0.2, 0) is 12.8 Å². The molecule has 4 heteroatoms. The summed E-state index contributed by atoms with van der Waals surface area (Å²) in [5, 5.41) is 2.93. The van der Waals surface area contributed by atoms with Crippen LogP contribution in [-0.4, -0.2) is 22.0 Å². The average Bonchev–Trinajstić information content (AvgIpc) is 2.40. The summed E-state index contributed by atoms with van der Waals surface area (Å²) in [6, 6.07) is 6.08. The highest BCUT2D eigenvalue weighted by atomic mass is 15.1. The average molecular weight is 228 g/mol. The molecule has 0 unspecified atom stereocenters. The molecular weight excluding hydrogens is 212 g/mol. The zero-order valence-electron chi connectivity index (χ0n) is 10.1. The van der Waals surface area contributed by atoms with Crippen LogP contribution >= 0.6 is 0 Å². The number of nitrogens with one attached hydrogen (secondary N) is 1. The Balaban J connectivity index is 2.13. The highest BCUT2D eigenvalue weighted by Gasteiger charge is 2.01. The van der Waals surface area contributed by atoms with Crippen LogP contribution in [0, 0.1) is 0 Å². The Hall–Kier alpha value is -1.97. The first-order valence-corrected chi connectivity index (χ1v) is 5.75. The van der Waals surface area contributed by atoms with Crippen LogP contribution in [0.1, 0.15) is 23.9 Å². The summed E-state index contributed by atoms with van der Waals surface area (Å²) in [6.07, 6.45) is 5.44. The predicted octanol–water partition coefficient (Wildman–Crippen LogP) is 2.07. The van der Waals surface area contributed by atoms with Gasteiger partial charge in [0.2, 0.25) is 5.95 Å². The number of nitrogens with zero attached hydrogens (tertiary/aromatic N) is 3. The molecule has 4 nitrogen and oxygen atoms in total. The Morgan fingerprint density at radius 1 is 1.12 bits per heavy atom. The van der Waals surface area contributed by atoms with E-state index >= 15 is 0 Å². The fraction of sp³-hybridized carbons (Fsp3) is 0.308. The van der Waals surface area contributed by atoms with Crippen LogP contribution in [0.25, 0.3) is 0 Å². The number of hydrogen-bond donors (Lipinski definition) is 1. The summed E-state index contributed by atoms with van der Waals surface area (Å²) < 4.78 is 0. The molecule has 0 fully saturated rings. The minimum atomic E-state index is 0.646. The van der Waals surface area contributed by atoms with Crippen molar-refractivity contribution in [2.24, 2.45) is 0 Å². The summed E-state index contributed by atoms with van der Waals surface area (Å²) in [4.78, 5) is 12.9. The molecule has 0 aromatic carbocycles. The molecule has 17 heavy (non-hydrogen) atoms. The summed E-state index contributed by atoms with van der Waals surface area (Å²) in [5.41, 5.74) is 3.26. The Bertz CT molecular complexity index is 479. The first kappa shape index (κ1) is 11.5. The van der Waals surface area contributed by atoms with Gasteiger partial charge in [0, 0.05) is 31.6 Å². The second kappa shape index (κ2) is 5.39. The van der Waals surface area contributed by atoms with Gasteiger partial charge in [-0.2, -0.15) is 0 Å². The number of hydrogen-bond acceptors (Lipinski definition) is 4. The molecular formula is C13H16N4. The van der Waals surface area contributed by atoms with Crippen LogP contribution < -0.4 is 5.32 Å². The highest BCUT2D eigenvalue weighted by molar-refractivity contribution is 5.26. The molecule has 0 saturated heterocycles. The predicted molar refractivity (Wildman–Crippen MR) is 68.0 cm³/mol. The Kier molecular flexibility index (Phi) is 3.65. The van der Waals surface area contributed by atoms with Crippen molar-refractivity contribution in [3.63, 3.8) is 0 Å². The lowest BCUT2D eigenvalue weighted by Gasteiger charge is -2.03. The SMILES string of the molecule is CCc1ccc(Cc2ccnc(NC)n2)nc1. The molecule has 88 valence electrons. The Morgan fingerprint density at radius 3 is 2.65 bits per heavy atom. The third kappa shape index (κ3) is 3.00. The molecule has 2 heterocycles. The van der Waals surface area contributed by atoms with E-state index in [1.807, 2.05) is 19.3 Å². The number of pyridine rings is 1. The monoisotopic (exact) mass is 228 g/mol. The van der Waals surface area contributed by atoms with Crippen molar-refractivity contribution in [3.8, 4) is 0 Å². The topological polar surface area (TPSA) is 50.7 Å². The maximum absolute atomic E-state index is 4.42. The molecule has 1 N–H and O–H groups in total. The molecule has 0 bridgehead atoms. The van der Waals surface area contributed by atoms with Gasteiger partial charge in [-0.3, -0.25) is 4.98 Å². The third-order valence-electron chi connectivity index (χ3n) is 2.59. The molecule has 0 radical (unpaired) electrons. The van der Waals surface area contributed by atoms with Crippen molar-refractivity contribution in [1.82, 2.24) is 15.0 Å². The van der Waals surface area contributed by atoms with Gasteiger partial charge in [0.05, 0.1) is 5.69 Å². The molecule has 0 aliphatic heterocycles. The van der Waals surface area contributed by atoms with Crippen LogP contribution in [0.5, 0.6) is 0 Å². The van der Waals surface area contributed by atoms with E-state index in [0.29, 0.717) is 5.95 Å². The van der Waals surface area contributed by atoms with E-state index in [1.165, 1.54) is 5.56 Å². The second-order valence-corrected chi connectivity index (χ2v) is 3.81. The lowest BCUT2D eigenvalue weighted by Crippen LogP contribution is -2.01. The van der Waals surface area contributed by atoms with Gasteiger partial charge in [-0.05, 0) is 24.1 Å². The number of aromatic nitrogens is 3. The van der Waals surface area contributed by atoms with Crippen molar-refractivity contribution >= 4 is 5.95 Å². The molecule has 0 amide bonds. The van der Waals surface area contributed by atoms with Gasteiger partial charge in [0.15, 0.2) is 0 Å². The van der Waals surface area contributed by atoms with Gasteiger partial charge in [-0.25, -0.2) is 9.97 Å². The van der Waals surface area contributed by atoms with Gasteiger partial charge in [-0.15, -0.1) is 0 Å². The zero-order chi connectivity index (χ0) is 12.1. The number of rotatable bonds is 4. The standard InChI is InChI=1S/C13H16N4/c1-3-10-4-5-11(16-9-10)8-12-6-7-15-13(14-2)17-12/h4-7,9H,3,8H2,1-2H3,(H,14,15,17). The fourth-order valence-electron chi connectivity index (χ4n) is 1.57. The summed E-state index contributed by atoms with van der Waals surface area (Å²) in [5.74, 6) is 0.646. The minimum absolute atomic E-state index is 0.646.